The Kier molecular flexibility index (Phi) is 3.65. The zero-order valence-corrected chi connectivity index (χ0v) is 12.1. The first kappa shape index (κ1) is 14.3. The van der Waals surface area contributed by atoms with Crippen LogP contribution in [0.25, 0.3) is 0 Å². The summed E-state index contributed by atoms with van der Waals surface area (Å²) in [4.78, 5) is 30.2. The summed E-state index contributed by atoms with van der Waals surface area (Å²) in [7, 11) is 1.62. The highest BCUT2D eigenvalue weighted by Crippen LogP contribution is 2.31. The van der Waals surface area contributed by atoms with Gasteiger partial charge in [0.1, 0.15) is 0 Å². The fourth-order valence-corrected chi connectivity index (χ4v) is 2.56. The number of carbonyl (C=O) groups excluding carboxylic acids is 2. The lowest BCUT2D eigenvalue weighted by molar-refractivity contribution is -0.128. The van der Waals surface area contributed by atoms with Crippen LogP contribution in [0.15, 0.2) is 12.3 Å². The Morgan fingerprint density at radius 2 is 2.20 bits per heavy atom. The van der Waals surface area contributed by atoms with Crippen LogP contribution in [0.4, 0.5) is 5.69 Å². The van der Waals surface area contributed by atoms with E-state index in [1.165, 1.54) is 6.20 Å². The van der Waals surface area contributed by atoms with Crippen LogP contribution in [0, 0.1) is 12.3 Å². The number of anilines is 1. The number of hydrogen-bond acceptors (Lipinski definition) is 4. The van der Waals surface area contributed by atoms with Crippen molar-refractivity contribution in [1.29, 1.82) is 0 Å². The van der Waals surface area contributed by atoms with Gasteiger partial charge in [-0.05, 0) is 26.3 Å². The van der Waals surface area contributed by atoms with Crippen molar-refractivity contribution in [2.75, 3.05) is 25.9 Å². The molecule has 0 bridgehead atoms. The van der Waals surface area contributed by atoms with Crippen LogP contribution in [0.5, 0.6) is 0 Å². The summed E-state index contributed by atoms with van der Waals surface area (Å²) >= 11 is 0. The summed E-state index contributed by atoms with van der Waals surface area (Å²) in [6.07, 6.45) is 2.19. The third-order valence-electron chi connectivity index (χ3n) is 3.87. The zero-order chi connectivity index (χ0) is 14.9. The van der Waals surface area contributed by atoms with Gasteiger partial charge in [0, 0.05) is 20.1 Å². The summed E-state index contributed by atoms with van der Waals surface area (Å²) in [5.41, 5.74) is 6.79. The summed E-state index contributed by atoms with van der Waals surface area (Å²) < 4.78 is 0. The van der Waals surface area contributed by atoms with Gasteiger partial charge in [-0.25, -0.2) is 0 Å². The first-order chi connectivity index (χ1) is 9.37. The minimum Gasteiger partial charge on any atom is -0.397 e. The first-order valence-electron chi connectivity index (χ1n) is 6.61. The number of likely N-dealkylation sites (tertiary alicyclic amines) is 1. The van der Waals surface area contributed by atoms with Gasteiger partial charge < -0.3 is 16.0 Å². The second-order valence-electron chi connectivity index (χ2n) is 5.52. The van der Waals surface area contributed by atoms with Gasteiger partial charge in [0.05, 0.1) is 28.6 Å². The molecule has 0 spiro atoms. The number of nitrogens with two attached hydrogens (primary N) is 1. The molecule has 1 atom stereocenters. The maximum Gasteiger partial charge on any atom is 0.255 e. The minimum atomic E-state index is -0.522. The normalized spacial score (nSPS) is 21.9. The number of pyridine rings is 1. The molecular weight excluding hydrogens is 256 g/mol. The second-order valence-corrected chi connectivity index (χ2v) is 5.52. The van der Waals surface area contributed by atoms with Gasteiger partial charge in [-0.3, -0.25) is 14.6 Å². The maximum absolute atomic E-state index is 12.5. The van der Waals surface area contributed by atoms with Gasteiger partial charge in [-0.1, -0.05) is 0 Å². The Hall–Kier alpha value is -2.11. The maximum atomic E-state index is 12.5. The highest BCUT2D eigenvalue weighted by atomic mass is 16.2. The molecule has 2 rings (SSSR count). The molecule has 0 radical (unpaired) electrons. The van der Waals surface area contributed by atoms with E-state index in [1.54, 1.807) is 24.9 Å². The molecule has 6 nitrogen and oxygen atoms in total. The molecule has 1 aromatic rings. The summed E-state index contributed by atoms with van der Waals surface area (Å²) in [5.74, 6) is -0.148. The molecule has 3 N–H and O–H groups in total. The Balaban J connectivity index is 2.20. The quantitative estimate of drug-likeness (QED) is 0.826. The van der Waals surface area contributed by atoms with E-state index in [0.29, 0.717) is 36.5 Å². The van der Waals surface area contributed by atoms with Crippen molar-refractivity contribution in [3.05, 3.63) is 23.5 Å². The average molecular weight is 276 g/mol. The van der Waals surface area contributed by atoms with Crippen LogP contribution < -0.4 is 11.1 Å². The lowest BCUT2D eigenvalue weighted by atomic mass is 9.89. The number of nitrogens with zero attached hydrogens (tertiary/aromatic N) is 2. The molecule has 6 heteroatoms. The van der Waals surface area contributed by atoms with E-state index in [-0.39, 0.29) is 11.8 Å². The minimum absolute atomic E-state index is 0.0322. The number of hydrogen-bond donors (Lipinski definition) is 2. The van der Waals surface area contributed by atoms with Gasteiger partial charge in [-0.2, -0.15) is 0 Å². The number of amides is 2. The molecule has 1 unspecified atom stereocenters. The lowest BCUT2D eigenvalue weighted by Crippen LogP contribution is -2.40. The molecular formula is C14H20N4O2. The Bertz CT molecular complexity index is 558. The van der Waals surface area contributed by atoms with Crippen LogP contribution in [0.1, 0.15) is 29.4 Å². The van der Waals surface area contributed by atoms with Gasteiger partial charge in [0.15, 0.2) is 0 Å². The molecule has 1 saturated heterocycles. The van der Waals surface area contributed by atoms with Crippen LogP contribution in [-0.4, -0.2) is 41.8 Å². The van der Waals surface area contributed by atoms with E-state index >= 15 is 0 Å². The predicted molar refractivity (Wildman–Crippen MR) is 76.1 cm³/mol. The average Bonchev–Trinajstić information content (AvgIpc) is 2.83. The number of aryl methyl sites for hydroxylation is 1. The number of carbonyl (C=O) groups is 2. The van der Waals surface area contributed by atoms with E-state index < -0.39 is 5.41 Å². The smallest absolute Gasteiger partial charge is 0.255 e. The van der Waals surface area contributed by atoms with Crippen LogP contribution in [0.2, 0.25) is 0 Å². The number of nitrogen functional groups attached to an aromatic ring is 1. The van der Waals surface area contributed by atoms with Gasteiger partial charge >= 0.3 is 0 Å². The summed E-state index contributed by atoms with van der Waals surface area (Å²) in [5, 5.41) is 2.66. The molecule has 0 aromatic carbocycles. The Morgan fingerprint density at radius 1 is 1.50 bits per heavy atom. The fraction of sp³-hybridized carbons (Fsp3) is 0.500. The Labute approximate surface area is 118 Å². The molecule has 1 fully saturated rings. The van der Waals surface area contributed by atoms with E-state index in [1.807, 2.05) is 6.92 Å². The van der Waals surface area contributed by atoms with Gasteiger partial charge in [0.2, 0.25) is 5.91 Å². The molecule has 1 aliphatic rings. The lowest BCUT2D eigenvalue weighted by Gasteiger charge is -2.23. The van der Waals surface area contributed by atoms with E-state index in [0.717, 1.165) is 0 Å². The second kappa shape index (κ2) is 5.11. The van der Waals surface area contributed by atoms with Crippen molar-refractivity contribution < 1.29 is 9.59 Å². The van der Waals surface area contributed by atoms with E-state index in [9.17, 15) is 9.59 Å². The van der Waals surface area contributed by atoms with E-state index in [4.69, 9.17) is 5.73 Å². The third kappa shape index (κ3) is 2.45. The van der Waals surface area contributed by atoms with Crippen molar-refractivity contribution in [1.82, 2.24) is 15.2 Å². The van der Waals surface area contributed by atoms with Crippen molar-refractivity contribution in [2.45, 2.75) is 20.3 Å². The summed E-state index contributed by atoms with van der Waals surface area (Å²) in [6.45, 7) is 4.64. The van der Waals surface area contributed by atoms with E-state index in [2.05, 4.69) is 10.3 Å². The van der Waals surface area contributed by atoms with Crippen LogP contribution in [-0.2, 0) is 4.79 Å². The van der Waals surface area contributed by atoms with Crippen molar-refractivity contribution in [2.24, 2.45) is 5.41 Å². The third-order valence-corrected chi connectivity index (χ3v) is 3.87. The Morgan fingerprint density at radius 3 is 2.85 bits per heavy atom. The highest BCUT2D eigenvalue weighted by Gasteiger charge is 2.41. The van der Waals surface area contributed by atoms with Gasteiger partial charge in [0.25, 0.3) is 5.91 Å². The van der Waals surface area contributed by atoms with Crippen LogP contribution in [0.3, 0.4) is 0 Å². The van der Waals surface area contributed by atoms with Crippen LogP contribution >= 0.6 is 0 Å². The predicted octanol–water partition coefficient (Wildman–Crippen LogP) is 0.570. The number of rotatable bonds is 2. The van der Waals surface area contributed by atoms with Crippen molar-refractivity contribution >= 4 is 17.5 Å². The van der Waals surface area contributed by atoms with Gasteiger partial charge in [-0.15, -0.1) is 0 Å². The number of aromatic nitrogens is 1. The molecule has 0 saturated carbocycles. The monoisotopic (exact) mass is 276 g/mol. The standard InChI is InChI=1S/C14H20N4O2/c1-9-11(6-10(15)7-17-9)12(19)18-5-4-14(2,8-18)13(20)16-3/h6-7H,4-5,8,15H2,1-3H3,(H,16,20). The highest BCUT2D eigenvalue weighted by molar-refractivity contribution is 5.97. The fourth-order valence-electron chi connectivity index (χ4n) is 2.56. The molecule has 1 aromatic heterocycles. The molecule has 20 heavy (non-hydrogen) atoms. The largest absolute Gasteiger partial charge is 0.397 e. The molecule has 2 heterocycles. The molecule has 2 amide bonds. The van der Waals surface area contributed by atoms with Crippen molar-refractivity contribution in [3.63, 3.8) is 0 Å². The number of nitrogens with one attached hydrogen (secondary N) is 1. The zero-order valence-electron chi connectivity index (χ0n) is 12.1. The first-order valence-corrected chi connectivity index (χ1v) is 6.61. The summed E-state index contributed by atoms with van der Waals surface area (Å²) in [6, 6.07) is 1.64. The molecule has 108 valence electrons. The molecule has 0 aliphatic carbocycles. The SMILES string of the molecule is CNC(=O)C1(C)CCN(C(=O)c2cc(N)cnc2C)C1. The topological polar surface area (TPSA) is 88.3 Å². The molecule has 1 aliphatic heterocycles. The van der Waals surface area contributed by atoms with Crippen molar-refractivity contribution in [3.8, 4) is 0 Å².